The number of carbonyl (C=O) groups excluding carboxylic acids is 3. The van der Waals surface area contributed by atoms with E-state index >= 15 is 0 Å². The number of aromatic hydroxyl groups is 2. The molecule has 2 aromatic carbocycles. The molecule has 4 N–H and O–H groups in total. The Morgan fingerprint density at radius 3 is 2.16 bits per heavy atom. The number of phenols is 2. The molecule has 0 spiro atoms. The van der Waals surface area contributed by atoms with Gasteiger partial charge in [0.2, 0.25) is 0 Å². The first-order valence-electron chi connectivity index (χ1n) is 14.3. The summed E-state index contributed by atoms with van der Waals surface area (Å²) in [5, 5.41) is 44.3. The molecule has 2 aromatic rings. The van der Waals surface area contributed by atoms with E-state index in [1.807, 2.05) is 13.8 Å². The molecule has 0 aromatic heterocycles. The number of hydrogen-bond acceptors (Lipinski definition) is 9. The number of aliphatic hydroxyl groups excluding tert-OH is 1. The molecular weight excluding hydrogens is 629 g/mol. The second-order valence-corrected chi connectivity index (χ2v) is 13.4. The van der Waals surface area contributed by atoms with Crippen LogP contribution >= 0.6 is 0 Å². The SMILES string of the molecule is C[C-]1CC(C)(C)C(O[C@H]2C[C@](O)(C(=O)CO)Cc3c(O)c4c(c(O)c32)C(=O)c2ccccc2C4=O)OCC(C)C1(C)C.[Y]. The second kappa shape index (κ2) is 11.7. The molecule has 5 rings (SSSR count). The van der Waals surface area contributed by atoms with Crippen LogP contribution < -0.4 is 0 Å². The van der Waals surface area contributed by atoms with Crippen molar-refractivity contribution < 1.29 is 77.0 Å². The van der Waals surface area contributed by atoms with Crippen LogP contribution in [-0.4, -0.2) is 62.9 Å². The van der Waals surface area contributed by atoms with E-state index in [4.69, 9.17) is 9.47 Å². The van der Waals surface area contributed by atoms with Crippen molar-refractivity contribution in [2.24, 2.45) is 16.7 Å². The van der Waals surface area contributed by atoms with Crippen LogP contribution in [0, 0.1) is 22.7 Å². The molecule has 2 unspecified atom stereocenters. The predicted octanol–water partition coefficient (Wildman–Crippen LogP) is 4.20. The molecule has 4 atom stereocenters. The maximum absolute atomic E-state index is 13.6. The summed E-state index contributed by atoms with van der Waals surface area (Å²) in [5.74, 6) is -1.96. The van der Waals surface area contributed by atoms with Gasteiger partial charge in [-0.2, -0.15) is 18.8 Å². The number of fused-ring (bicyclic) bond motifs is 3. The Bertz CT molecular complexity index is 1480. The van der Waals surface area contributed by atoms with Crippen LogP contribution in [0.25, 0.3) is 0 Å². The zero-order valence-electron chi connectivity index (χ0n) is 25.5. The van der Waals surface area contributed by atoms with Crippen molar-refractivity contribution in [1.82, 2.24) is 0 Å². The molecule has 9 nitrogen and oxygen atoms in total. The number of rotatable bonds is 4. The minimum atomic E-state index is -2.17. The van der Waals surface area contributed by atoms with Gasteiger partial charge >= 0.3 is 0 Å². The van der Waals surface area contributed by atoms with E-state index in [2.05, 4.69) is 27.7 Å². The van der Waals surface area contributed by atoms with Crippen LogP contribution in [0.5, 0.6) is 11.5 Å². The van der Waals surface area contributed by atoms with Crippen molar-refractivity contribution >= 4 is 17.3 Å². The Labute approximate surface area is 276 Å². The topological polar surface area (TPSA) is 151 Å². The fourth-order valence-electron chi connectivity index (χ4n) is 6.61. The standard InChI is InChI=1S/C33H39O9.Y/c1-16-11-31(3,4)30(41-15-17(2)32(16,5)6)42-21-13-33(40,22(35)14-34)12-20-23(21)29(39)25-24(28(20)38)26(36)18-9-7-8-10-19(18)27(25)37;/h7-10,17,21,30,34,38-40H,11-15H2,1-6H3;/q-1;/t17?,21-,30?,33-;/m0./s1. The molecule has 3 aliphatic rings. The number of benzene rings is 2. The van der Waals surface area contributed by atoms with Crippen LogP contribution in [0.1, 0.15) is 103 Å². The Kier molecular flexibility index (Phi) is 9.24. The molecule has 0 amide bonds. The average Bonchev–Trinajstić information content (AvgIpc) is 2.93. The van der Waals surface area contributed by atoms with Gasteiger partial charge in [0.1, 0.15) is 23.7 Å². The van der Waals surface area contributed by atoms with E-state index in [1.165, 1.54) is 18.1 Å². The number of phenolic OH excluding ortho intramolecular Hbond substituents is 2. The first-order valence-corrected chi connectivity index (χ1v) is 14.3. The molecule has 0 saturated carbocycles. The first-order chi connectivity index (χ1) is 19.5. The number of Topliss-reactive ketones (excluding diaryl/α,β-unsaturated/α-hetero) is 1. The van der Waals surface area contributed by atoms with Gasteiger partial charge in [0.25, 0.3) is 0 Å². The smallest absolute Gasteiger partial charge is 0.198 e. The van der Waals surface area contributed by atoms with Gasteiger partial charge in [0, 0.05) is 67.8 Å². The summed E-state index contributed by atoms with van der Waals surface area (Å²) in [6.07, 6.45) is -2.32. The average molecular weight is 669 g/mol. The van der Waals surface area contributed by atoms with Crippen molar-refractivity contribution in [3.05, 3.63) is 63.6 Å². The summed E-state index contributed by atoms with van der Waals surface area (Å²) in [6, 6.07) is 6.13. The van der Waals surface area contributed by atoms with Gasteiger partial charge < -0.3 is 35.8 Å². The summed E-state index contributed by atoms with van der Waals surface area (Å²) in [6.45, 7) is 11.9. The van der Waals surface area contributed by atoms with Crippen molar-refractivity contribution in [2.75, 3.05) is 13.2 Å². The van der Waals surface area contributed by atoms with E-state index in [-0.39, 0.29) is 78.3 Å². The molecule has 1 fully saturated rings. The van der Waals surface area contributed by atoms with E-state index in [0.717, 1.165) is 0 Å². The Morgan fingerprint density at radius 1 is 1.05 bits per heavy atom. The van der Waals surface area contributed by atoms with E-state index in [9.17, 15) is 34.8 Å². The third-order valence-corrected chi connectivity index (χ3v) is 9.91. The van der Waals surface area contributed by atoms with Gasteiger partial charge in [-0.15, -0.1) is 0 Å². The molecule has 1 aliphatic heterocycles. The Morgan fingerprint density at radius 2 is 1.60 bits per heavy atom. The molecule has 10 heteroatoms. The van der Waals surface area contributed by atoms with Gasteiger partial charge in [-0.1, -0.05) is 58.9 Å². The van der Waals surface area contributed by atoms with Crippen molar-refractivity contribution in [2.45, 2.75) is 78.8 Å². The van der Waals surface area contributed by atoms with Crippen LogP contribution in [0.4, 0.5) is 0 Å². The Balaban J connectivity index is 0.00000423. The van der Waals surface area contributed by atoms with Gasteiger partial charge in [0.05, 0.1) is 23.8 Å². The molecule has 0 bridgehead atoms. The van der Waals surface area contributed by atoms with Crippen molar-refractivity contribution in [3.63, 3.8) is 0 Å². The van der Waals surface area contributed by atoms with Crippen LogP contribution in [0.15, 0.2) is 24.3 Å². The second-order valence-electron chi connectivity index (χ2n) is 13.4. The third kappa shape index (κ3) is 5.44. The molecule has 1 heterocycles. The number of ketones is 3. The minimum Gasteiger partial charge on any atom is -0.507 e. The molecule has 1 radical (unpaired) electrons. The summed E-state index contributed by atoms with van der Waals surface area (Å²) < 4.78 is 12.8. The minimum absolute atomic E-state index is 0. The monoisotopic (exact) mass is 668 g/mol. The fraction of sp³-hybridized carbons (Fsp3) is 0.515. The summed E-state index contributed by atoms with van der Waals surface area (Å²) >= 11 is 0. The number of aliphatic hydroxyl groups is 2. The van der Waals surface area contributed by atoms with Crippen LogP contribution in [0.3, 0.4) is 0 Å². The maximum atomic E-state index is 13.6. The first kappa shape index (κ1) is 33.9. The van der Waals surface area contributed by atoms with E-state index < -0.39 is 70.8 Å². The van der Waals surface area contributed by atoms with Crippen molar-refractivity contribution in [1.29, 1.82) is 0 Å². The molecule has 43 heavy (non-hydrogen) atoms. The molecule has 229 valence electrons. The third-order valence-electron chi connectivity index (χ3n) is 9.91. The van der Waals surface area contributed by atoms with E-state index in [1.54, 1.807) is 12.1 Å². The molecular formula is C33H39O9Y-. The summed E-state index contributed by atoms with van der Waals surface area (Å²) in [5.41, 5.74) is -3.51. The Hall–Kier alpha value is -2.01. The summed E-state index contributed by atoms with van der Waals surface area (Å²) in [4.78, 5) is 39.9. The zero-order chi connectivity index (χ0) is 30.9. The number of hydrogen-bond donors (Lipinski definition) is 4. The predicted molar refractivity (Wildman–Crippen MR) is 152 cm³/mol. The van der Waals surface area contributed by atoms with Gasteiger partial charge in [-0.05, 0) is 11.3 Å². The number of ether oxygens (including phenoxy) is 2. The zero-order valence-corrected chi connectivity index (χ0v) is 28.3. The molecule has 2 aliphatic carbocycles. The fourth-order valence-corrected chi connectivity index (χ4v) is 6.61. The largest absolute Gasteiger partial charge is 0.507 e. The van der Waals surface area contributed by atoms with Gasteiger partial charge in [-0.25, -0.2) is 0 Å². The normalized spacial score (nSPS) is 28.0. The van der Waals surface area contributed by atoms with Crippen LogP contribution in [0.2, 0.25) is 0 Å². The summed E-state index contributed by atoms with van der Waals surface area (Å²) in [7, 11) is 0. The van der Waals surface area contributed by atoms with Crippen molar-refractivity contribution in [3.8, 4) is 11.5 Å². The van der Waals surface area contributed by atoms with E-state index in [0.29, 0.717) is 13.0 Å². The quantitative estimate of drug-likeness (QED) is 0.237. The van der Waals surface area contributed by atoms with Gasteiger partial charge in [-0.3, -0.25) is 14.4 Å². The maximum Gasteiger partial charge on any atom is 0.198 e. The number of carbonyl (C=O) groups is 3. The molecule has 1 saturated heterocycles. The van der Waals surface area contributed by atoms with Crippen LogP contribution in [-0.2, 0) is 53.4 Å². The van der Waals surface area contributed by atoms with Gasteiger partial charge in [0.15, 0.2) is 23.6 Å².